The molecule has 2 amide bonds. The van der Waals surface area contributed by atoms with Crippen molar-refractivity contribution in [2.45, 2.75) is 25.8 Å². The topological polar surface area (TPSA) is 61.4 Å². The van der Waals surface area contributed by atoms with Crippen molar-refractivity contribution in [2.24, 2.45) is 0 Å². The monoisotopic (exact) mass is 391 g/mol. The molecule has 1 fully saturated rings. The molecule has 2 aromatic rings. The number of amides is 2. The summed E-state index contributed by atoms with van der Waals surface area (Å²) in [6.45, 7) is 2.51. The van der Waals surface area contributed by atoms with Gasteiger partial charge in [0, 0.05) is 24.3 Å². The summed E-state index contributed by atoms with van der Waals surface area (Å²) in [5, 5.41) is 6.60. The van der Waals surface area contributed by atoms with Crippen LogP contribution in [0.5, 0.6) is 0 Å². The van der Waals surface area contributed by atoms with E-state index in [0.29, 0.717) is 22.2 Å². The van der Waals surface area contributed by atoms with Crippen molar-refractivity contribution < 1.29 is 9.59 Å². The molecule has 0 bridgehead atoms. The highest BCUT2D eigenvalue weighted by molar-refractivity contribution is 6.44. The summed E-state index contributed by atoms with van der Waals surface area (Å²) in [6.07, 6.45) is 1.49. The molecular weight excluding hydrogens is 373 g/mol. The van der Waals surface area contributed by atoms with Gasteiger partial charge in [-0.2, -0.15) is 0 Å². The van der Waals surface area contributed by atoms with Crippen molar-refractivity contribution in [2.75, 3.05) is 22.1 Å². The molecule has 136 valence electrons. The van der Waals surface area contributed by atoms with Crippen LogP contribution < -0.4 is 15.5 Å². The molecule has 2 N–H and O–H groups in total. The van der Waals surface area contributed by atoms with E-state index in [1.54, 1.807) is 30.0 Å². The van der Waals surface area contributed by atoms with Crippen molar-refractivity contribution in [1.29, 1.82) is 0 Å². The fourth-order valence-electron chi connectivity index (χ4n) is 2.82. The number of halogens is 2. The smallest absolute Gasteiger partial charge is 0.246 e. The van der Waals surface area contributed by atoms with Crippen LogP contribution in [0.1, 0.15) is 19.8 Å². The standard InChI is InChI=1S/C19H19Cl2N3O2/c1-12(19(26)23-16-5-2-4-15(20)18(16)21)22-13-7-9-14(10-8-13)24-11-3-6-17(24)25/h2,4-5,7-10,12,22H,3,6,11H2,1H3,(H,23,26)/t12-/m0/s1. The molecule has 0 aliphatic carbocycles. The van der Waals surface area contributed by atoms with Crippen LogP contribution in [0.15, 0.2) is 42.5 Å². The average Bonchev–Trinajstić information content (AvgIpc) is 3.05. The molecule has 1 saturated heterocycles. The van der Waals surface area contributed by atoms with E-state index in [-0.39, 0.29) is 11.8 Å². The fourth-order valence-corrected chi connectivity index (χ4v) is 3.16. The second-order valence-electron chi connectivity index (χ2n) is 6.15. The zero-order valence-electron chi connectivity index (χ0n) is 14.3. The van der Waals surface area contributed by atoms with E-state index < -0.39 is 6.04 Å². The van der Waals surface area contributed by atoms with Crippen LogP contribution in [0.25, 0.3) is 0 Å². The lowest BCUT2D eigenvalue weighted by Gasteiger charge is -2.18. The highest BCUT2D eigenvalue weighted by Crippen LogP contribution is 2.29. The van der Waals surface area contributed by atoms with Gasteiger partial charge in [0.2, 0.25) is 11.8 Å². The van der Waals surface area contributed by atoms with E-state index in [0.717, 1.165) is 24.3 Å². The van der Waals surface area contributed by atoms with Crippen molar-refractivity contribution in [3.8, 4) is 0 Å². The molecule has 0 aromatic heterocycles. The number of hydrogen-bond acceptors (Lipinski definition) is 3. The number of nitrogens with zero attached hydrogens (tertiary/aromatic N) is 1. The lowest BCUT2D eigenvalue weighted by molar-refractivity contribution is -0.117. The van der Waals surface area contributed by atoms with Crippen molar-refractivity contribution in [3.05, 3.63) is 52.5 Å². The van der Waals surface area contributed by atoms with Gasteiger partial charge in [0.1, 0.15) is 6.04 Å². The average molecular weight is 392 g/mol. The van der Waals surface area contributed by atoms with Gasteiger partial charge in [-0.3, -0.25) is 9.59 Å². The minimum absolute atomic E-state index is 0.150. The summed E-state index contributed by atoms with van der Waals surface area (Å²) in [7, 11) is 0. The zero-order chi connectivity index (χ0) is 18.7. The lowest BCUT2D eigenvalue weighted by atomic mass is 10.2. The van der Waals surface area contributed by atoms with Gasteiger partial charge in [-0.05, 0) is 49.7 Å². The first-order valence-electron chi connectivity index (χ1n) is 8.37. The van der Waals surface area contributed by atoms with E-state index >= 15 is 0 Å². The lowest BCUT2D eigenvalue weighted by Crippen LogP contribution is -2.32. The van der Waals surface area contributed by atoms with E-state index in [2.05, 4.69) is 10.6 Å². The molecule has 0 spiro atoms. The van der Waals surface area contributed by atoms with Crippen molar-refractivity contribution in [1.82, 2.24) is 0 Å². The molecule has 1 atom stereocenters. The third-order valence-electron chi connectivity index (χ3n) is 4.24. The number of benzene rings is 2. The van der Waals surface area contributed by atoms with Crippen molar-refractivity contribution >= 4 is 52.1 Å². The molecule has 1 aliphatic heterocycles. The van der Waals surface area contributed by atoms with Gasteiger partial charge in [0.05, 0.1) is 15.7 Å². The molecule has 1 heterocycles. The molecule has 3 rings (SSSR count). The first kappa shape index (κ1) is 18.5. The number of anilines is 3. The van der Waals surface area contributed by atoms with Gasteiger partial charge in [0.15, 0.2) is 0 Å². The van der Waals surface area contributed by atoms with Gasteiger partial charge < -0.3 is 15.5 Å². The Morgan fingerprint density at radius 2 is 1.88 bits per heavy atom. The van der Waals surface area contributed by atoms with E-state index in [4.69, 9.17) is 23.2 Å². The Morgan fingerprint density at radius 1 is 1.15 bits per heavy atom. The summed E-state index contributed by atoms with van der Waals surface area (Å²) < 4.78 is 0. The van der Waals surface area contributed by atoms with Crippen molar-refractivity contribution in [3.63, 3.8) is 0 Å². The molecular formula is C19H19Cl2N3O2. The normalized spacial score (nSPS) is 15.0. The van der Waals surface area contributed by atoms with Crippen LogP contribution in [-0.4, -0.2) is 24.4 Å². The Morgan fingerprint density at radius 3 is 2.54 bits per heavy atom. The number of rotatable bonds is 5. The van der Waals surface area contributed by atoms with Gasteiger partial charge >= 0.3 is 0 Å². The van der Waals surface area contributed by atoms with Crippen LogP contribution in [0.2, 0.25) is 10.0 Å². The quantitative estimate of drug-likeness (QED) is 0.784. The number of carbonyl (C=O) groups is 2. The van der Waals surface area contributed by atoms with Gasteiger partial charge in [-0.1, -0.05) is 29.3 Å². The van der Waals surface area contributed by atoms with Gasteiger partial charge in [-0.25, -0.2) is 0 Å². The summed E-state index contributed by atoms with van der Waals surface area (Å²) in [6, 6.07) is 12.1. The van der Waals surface area contributed by atoms with Crippen LogP contribution in [0.3, 0.4) is 0 Å². The minimum atomic E-state index is -0.482. The number of carbonyl (C=O) groups excluding carboxylic acids is 2. The summed E-state index contributed by atoms with van der Waals surface area (Å²) in [5.74, 6) is -0.0789. The molecule has 0 unspecified atom stereocenters. The molecule has 1 aliphatic rings. The molecule has 2 aromatic carbocycles. The van der Waals surface area contributed by atoms with Gasteiger partial charge in [0.25, 0.3) is 0 Å². The van der Waals surface area contributed by atoms with Crippen LogP contribution in [-0.2, 0) is 9.59 Å². The largest absolute Gasteiger partial charge is 0.374 e. The maximum Gasteiger partial charge on any atom is 0.246 e. The molecule has 7 heteroatoms. The molecule has 5 nitrogen and oxygen atoms in total. The number of hydrogen-bond donors (Lipinski definition) is 2. The number of nitrogens with one attached hydrogen (secondary N) is 2. The summed E-state index contributed by atoms with van der Waals surface area (Å²) in [5.41, 5.74) is 2.14. The second kappa shape index (κ2) is 7.98. The maximum atomic E-state index is 12.4. The Balaban J connectivity index is 1.62. The third-order valence-corrected chi connectivity index (χ3v) is 5.06. The predicted octanol–water partition coefficient (Wildman–Crippen LogP) is 4.56. The minimum Gasteiger partial charge on any atom is -0.374 e. The Labute approximate surface area is 162 Å². The maximum absolute atomic E-state index is 12.4. The van der Waals surface area contributed by atoms with Crippen LogP contribution in [0.4, 0.5) is 17.1 Å². The fraction of sp³-hybridized carbons (Fsp3) is 0.263. The SMILES string of the molecule is C[C@H](Nc1ccc(N2CCCC2=O)cc1)C(=O)Nc1cccc(Cl)c1Cl. The first-order chi connectivity index (χ1) is 12.5. The van der Waals surface area contributed by atoms with E-state index in [1.165, 1.54) is 0 Å². The summed E-state index contributed by atoms with van der Waals surface area (Å²) in [4.78, 5) is 25.9. The highest BCUT2D eigenvalue weighted by Gasteiger charge is 2.21. The summed E-state index contributed by atoms with van der Waals surface area (Å²) >= 11 is 12.1. The van der Waals surface area contributed by atoms with E-state index in [1.807, 2.05) is 24.3 Å². The highest BCUT2D eigenvalue weighted by atomic mass is 35.5. The Bertz CT molecular complexity index is 824. The molecule has 0 radical (unpaired) electrons. The van der Waals surface area contributed by atoms with Crippen LogP contribution >= 0.6 is 23.2 Å². The molecule has 26 heavy (non-hydrogen) atoms. The third kappa shape index (κ3) is 4.11. The Hall–Kier alpha value is -2.24. The van der Waals surface area contributed by atoms with Gasteiger partial charge in [-0.15, -0.1) is 0 Å². The molecule has 0 saturated carbocycles. The van der Waals surface area contributed by atoms with E-state index in [9.17, 15) is 9.59 Å². The van der Waals surface area contributed by atoms with Crippen LogP contribution in [0, 0.1) is 0 Å². The second-order valence-corrected chi connectivity index (χ2v) is 6.94. The predicted molar refractivity (Wildman–Crippen MR) is 106 cm³/mol. The Kier molecular flexibility index (Phi) is 5.69. The zero-order valence-corrected chi connectivity index (χ0v) is 15.8. The first-order valence-corrected chi connectivity index (χ1v) is 9.13.